The number of rotatable bonds is 3. The maximum Gasteiger partial charge on any atom is 0.130 e. The molecule has 4 rings (SSSR count). The van der Waals surface area contributed by atoms with Crippen LogP contribution in [0.3, 0.4) is 0 Å². The van der Waals surface area contributed by atoms with E-state index in [1.165, 1.54) is 0 Å². The normalized spacial score (nSPS) is 15.6. The number of anilines is 2. The Kier molecular flexibility index (Phi) is 4.07. The number of aryl methyl sites for hydroxylation is 1. The summed E-state index contributed by atoms with van der Waals surface area (Å²) >= 11 is 0. The first-order chi connectivity index (χ1) is 12.6. The van der Waals surface area contributed by atoms with Gasteiger partial charge in [-0.25, -0.2) is 4.99 Å². The first kappa shape index (κ1) is 16.2. The number of benzene rings is 3. The predicted molar refractivity (Wildman–Crippen MR) is 106 cm³/mol. The van der Waals surface area contributed by atoms with Gasteiger partial charge in [0.2, 0.25) is 0 Å². The number of para-hydroxylation sites is 1. The zero-order valence-electron chi connectivity index (χ0n) is 14.5. The molecule has 5 heteroatoms. The number of hydrogen-bond acceptors (Lipinski definition) is 5. The quantitative estimate of drug-likeness (QED) is 0.686. The molecule has 0 amide bonds. The van der Waals surface area contributed by atoms with Crippen LogP contribution < -0.4 is 21.1 Å². The smallest absolute Gasteiger partial charge is 0.130 e. The zero-order chi connectivity index (χ0) is 18.1. The van der Waals surface area contributed by atoms with E-state index >= 15 is 0 Å². The highest BCUT2D eigenvalue weighted by Gasteiger charge is 2.23. The van der Waals surface area contributed by atoms with E-state index in [9.17, 15) is 0 Å². The Hall–Kier alpha value is -3.31. The molecular formula is C21H20N4O. The molecule has 0 saturated heterocycles. The number of nitrogens with two attached hydrogens (primary N) is 2. The van der Waals surface area contributed by atoms with Gasteiger partial charge in [0, 0.05) is 16.9 Å². The monoisotopic (exact) mass is 344 g/mol. The standard InChI is InChI=1S/C21H20N4O/c1-14-11-16(8-10-20(14)26-17-5-3-2-4-6-17)25-13-24-19-9-7-15(22)12-18(19)21(25)23/h2-13,21H,22-23H2,1H3. The highest BCUT2D eigenvalue weighted by Crippen LogP contribution is 2.36. The molecule has 1 unspecified atom stereocenters. The van der Waals surface area contributed by atoms with E-state index in [0.717, 1.165) is 34.0 Å². The Balaban J connectivity index is 1.62. The van der Waals surface area contributed by atoms with Gasteiger partial charge in [0.05, 0.1) is 12.0 Å². The molecular weight excluding hydrogens is 324 g/mol. The molecule has 0 radical (unpaired) electrons. The van der Waals surface area contributed by atoms with Crippen molar-refractivity contribution in [2.45, 2.75) is 13.1 Å². The minimum atomic E-state index is -0.341. The summed E-state index contributed by atoms with van der Waals surface area (Å²) in [7, 11) is 0. The first-order valence-electron chi connectivity index (χ1n) is 8.43. The molecule has 1 atom stereocenters. The van der Waals surface area contributed by atoms with Crippen molar-refractivity contribution < 1.29 is 4.74 Å². The molecule has 5 nitrogen and oxygen atoms in total. The molecule has 0 spiro atoms. The second-order valence-electron chi connectivity index (χ2n) is 6.28. The topological polar surface area (TPSA) is 76.9 Å². The fraction of sp³-hybridized carbons (Fsp3) is 0.0952. The molecule has 1 heterocycles. The maximum absolute atomic E-state index is 6.45. The molecule has 3 aromatic carbocycles. The second kappa shape index (κ2) is 6.54. The lowest BCUT2D eigenvalue weighted by Crippen LogP contribution is -2.35. The highest BCUT2D eigenvalue weighted by molar-refractivity contribution is 5.86. The Morgan fingerprint density at radius 2 is 1.81 bits per heavy atom. The fourth-order valence-electron chi connectivity index (χ4n) is 3.02. The predicted octanol–water partition coefficient (Wildman–Crippen LogP) is 4.51. The summed E-state index contributed by atoms with van der Waals surface area (Å²) in [5.74, 6) is 1.62. The molecule has 0 saturated carbocycles. The van der Waals surface area contributed by atoms with Crippen molar-refractivity contribution in [3.63, 3.8) is 0 Å². The van der Waals surface area contributed by atoms with Gasteiger partial charge < -0.3 is 21.1 Å². The molecule has 130 valence electrons. The Labute approximate surface area is 152 Å². The fourth-order valence-corrected chi connectivity index (χ4v) is 3.02. The van der Waals surface area contributed by atoms with Crippen LogP contribution in [0.4, 0.5) is 17.1 Å². The second-order valence-corrected chi connectivity index (χ2v) is 6.28. The SMILES string of the molecule is Cc1cc(N2C=Nc3ccc(N)cc3C2N)ccc1Oc1ccccc1. The van der Waals surface area contributed by atoms with Gasteiger partial charge in [-0.2, -0.15) is 0 Å². The van der Waals surface area contributed by atoms with E-state index in [1.807, 2.05) is 78.6 Å². The summed E-state index contributed by atoms with van der Waals surface area (Å²) in [6, 6.07) is 21.3. The Bertz CT molecular complexity index is 969. The van der Waals surface area contributed by atoms with Crippen molar-refractivity contribution in [3.8, 4) is 11.5 Å². The number of ether oxygens (including phenoxy) is 1. The average molecular weight is 344 g/mol. The van der Waals surface area contributed by atoms with Crippen LogP contribution in [0.25, 0.3) is 0 Å². The average Bonchev–Trinajstić information content (AvgIpc) is 2.65. The van der Waals surface area contributed by atoms with Crippen LogP contribution in [-0.4, -0.2) is 6.34 Å². The Morgan fingerprint density at radius 3 is 2.58 bits per heavy atom. The summed E-state index contributed by atoms with van der Waals surface area (Å²) in [6.07, 6.45) is 1.42. The van der Waals surface area contributed by atoms with Gasteiger partial charge in [-0.3, -0.25) is 0 Å². The van der Waals surface area contributed by atoms with Crippen molar-refractivity contribution in [3.05, 3.63) is 77.9 Å². The summed E-state index contributed by atoms with van der Waals surface area (Å²) < 4.78 is 5.95. The molecule has 4 N–H and O–H groups in total. The maximum atomic E-state index is 6.45. The number of aliphatic imine (C=N–C) groups is 1. The van der Waals surface area contributed by atoms with Gasteiger partial charge in [0.15, 0.2) is 0 Å². The van der Waals surface area contributed by atoms with Gasteiger partial charge in [0.1, 0.15) is 17.7 Å². The van der Waals surface area contributed by atoms with Crippen LogP contribution in [-0.2, 0) is 0 Å². The number of nitrogens with zero attached hydrogens (tertiary/aromatic N) is 2. The van der Waals surface area contributed by atoms with Crippen LogP contribution in [0, 0.1) is 6.92 Å². The molecule has 26 heavy (non-hydrogen) atoms. The summed E-state index contributed by atoms with van der Waals surface area (Å²) in [5, 5.41) is 0. The number of hydrogen-bond donors (Lipinski definition) is 2. The van der Waals surface area contributed by atoms with Crippen LogP contribution in [0.1, 0.15) is 17.3 Å². The largest absolute Gasteiger partial charge is 0.457 e. The minimum Gasteiger partial charge on any atom is -0.457 e. The molecule has 0 fully saturated rings. The van der Waals surface area contributed by atoms with Crippen molar-refractivity contribution in [1.29, 1.82) is 0 Å². The van der Waals surface area contributed by atoms with E-state index < -0.39 is 0 Å². The molecule has 0 aromatic heterocycles. The van der Waals surface area contributed by atoms with Crippen molar-refractivity contribution in [2.24, 2.45) is 10.7 Å². The lowest BCUT2D eigenvalue weighted by atomic mass is 10.1. The van der Waals surface area contributed by atoms with Gasteiger partial charge in [0.25, 0.3) is 0 Å². The van der Waals surface area contributed by atoms with Gasteiger partial charge in [-0.1, -0.05) is 18.2 Å². The lowest BCUT2D eigenvalue weighted by Gasteiger charge is -2.31. The van der Waals surface area contributed by atoms with E-state index in [1.54, 1.807) is 6.34 Å². The van der Waals surface area contributed by atoms with Gasteiger partial charge in [-0.05, 0) is 61.0 Å². The van der Waals surface area contributed by atoms with Gasteiger partial charge >= 0.3 is 0 Å². The van der Waals surface area contributed by atoms with Crippen LogP contribution in [0.15, 0.2) is 71.7 Å². The third-order valence-corrected chi connectivity index (χ3v) is 4.42. The first-order valence-corrected chi connectivity index (χ1v) is 8.43. The van der Waals surface area contributed by atoms with Crippen LogP contribution in [0.2, 0.25) is 0 Å². The molecule has 1 aliphatic rings. The van der Waals surface area contributed by atoms with E-state index in [0.29, 0.717) is 5.69 Å². The molecule has 1 aliphatic heterocycles. The number of fused-ring (bicyclic) bond motifs is 1. The zero-order valence-corrected chi connectivity index (χ0v) is 14.5. The minimum absolute atomic E-state index is 0.341. The van der Waals surface area contributed by atoms with Crippen molar-refractivity contribution in [2.75, 3.05) is 10.6 Å². The van der Waals surface area contributed by atoms with Crippen LogP contribution >= 0.6 is 0 Å². The summed E-state index contributed by atoms with van der Waals surface area (Å²) in [5.41, 5.74) is 16.8. The molecule has 3 aromatic rings. The highest BCUT2D eigenvalue weighted by atomic mass is 16.5. The van der Waals surface area contributed by atoms with E-state index in [4.69, 9.17) is 16.2 Å². The van der Waals surface area contributed by atoms with Crippen molar-refractivity contribution >= 4 is 23.4 Å². The summed E-state index contributed by atoms with van der Waals surface area (Å²) in [4.78, 5) is 6.43. The molecule has 0 aliphatic carbocycles. The third kappa shape index (κ3) is 3.00. The van der Waals surface area contributed by atoms with E-state index in [2.05, 4.69) is 4.99 Å². The van der Waals surface area contributed by atoms with Crippen LogP contribution in [0.5, 0.6) is 11.5 Å². The third-order valence-electron chi connectivity index (χ3n) is 4.42. The van der Waals surface area contributed by atoms with E-state index in [-0.39, 0.29) is 6.17 Å². The number of nitrogen functional groups attached to an aromatic ring is 1. The van der Waals surface area contributed by atoms with Crippen molar-refractivity contribution in [1.82, 2.24) is 0 Å². The van der Waals surface area contributed by atoms with Gasteiger partial charge in [-0.15, -0.1) is 0 Å². The Morgan fingerprint density at radius 1 is 1.00 bits per heavy atom. The molecule has 0 bridgehead atoms. The lowest BCUT2D eigenvalue weighted by molar-refractivity contribution is 0.479. The summed E-state index contributed by atoms with van der Waals surface area (Å²) in [6.45, 7) is 2.01.